The summed E-state index contributed by atoms with van der Waals surface area (Å²) >= 11 is 0. The number of nitrogens with one attached hydrogen (secondary N) is 2. The Kier molecular flexibility index (Phi) is 4.77. The molecule has 3 heterocycles. The molecular formula is C20H23N5O2. The zero-order chi connectivity index (χ0) is 18.8. The molecule has 1 aliphatic rings. The minimum absolute atomic E-state index is 0.0815. The van der Waals surface area contributed by atoms with Gasteiger partial charge >= 0.3 is 6.03 Å². The Morgan fingerprint density at radius 1 is 1.26 bits per heavy atom. The Hall–Kier alpha value is -2.93. The highest BCUT2D eigenvalue weighted by atomic mass is 16.5. The molecule has 7 heteroatoms. The lowest BCUT2D eigenvalue weighted by molar-refractivity contribution is -0.00701. The Bertz CT molecular complexity index is 954. The van der Waals surface area contributed by atoms with E-state index in [1.54, 1.807) is 12.4 Å². The number of aromatic nitrogens is 3. The maximum absolute atomic E-state index is 12.6. The Balaban J connectivity index is 1.46. The number of aryl methyl sites for hydroxylation is 2. The first-order chi connectivity index (χ1) is 13.1. The molecule has 2 atom stereocenters. The van der Waals surface area contributed by atoms with Crippen LogP contribution in [-0.4, -0.2) is 33.4 Å². The second-order valence-electron chi connectivity index (χ2n) is 6.86. The van der Waals surface area contributed by atoms with E-state index in [1.807, 2.05) is 49.0 Å². The molecule has 1 saturated heterocycles. The van der Waals surface area contributed by atoms with Gasteiger partial charge in [-0.3, -0.25) is 9.67 Å². The molecule has 0 saturated carbocycles. The lowest BCUT2D eigenvalue weighted by Gasteiger charge is -2.32. The molecule has 2 N–H and O–H groups in total. The molecule has 2 amide bonds. The van der Waals surface area contributed by atoms with Gasteiger partial charge in [-0.2, -0.15) is 5.10 Å². The zero-order valence-corrected chi connectivity index (χ0v) is 15.5. The summed E-state index contributed by atoms with van der Waals surface area (Å²) in [6.45, 7) is 2.72. The maximum atomic E-state index is 12.6. The third kappa shape index (κ3) is 3.64. The number of rotatable bonds is 3. The number of anilines is 1. The Morgan fingerprint density at radius 3 is 2.89 bits per heavy atom. The predicted molar refractivity (Wildman–Crippen MR) is 104 cm³/mol. The van der Waals surface area contributed by atoms with Crippen molar-refractivity contribution in [2.45, 2.75) is 31.9 Å². The lowest BCUT2D eigenvalue weighted by Crippen LogP contribution is -2.44. The normalized spacial score (nSPS) is 19.8. The standard InChI is InChI=1S/C20H23N5O2/c1-13-16-6-5-15(12-18(16)24-25(13)2)22-20(26)23-17-4-3-11-27-19(17)14-7-9-21-10-8-14/h5-10,12,17,19H,3-4,11H2,1-2H3,(H2,22,23,26)/t17-,19+/m0/s1. The summed E-state index contributed by atoms with van der Waals surface area (Å²) in [5, 5.41) is 11.5. The molecule has 0 radical (unpaired) electrons. The largest absolute Gasteiger partial charge is 0.371 e. The minimum Gasteiger partial charge on any atom is -0.371 e. The summed E-state index contributed by atoms with van der Waals surface area (Å²) < 4.78 is 7.76. The first-order valence-electron chi connectivity index (χ1n) is 9.14. The number of benzene rings is 1. The van der Waals surface area contributed by atoms with Crippen molar-refractivity contribution < 1.29 is 9.53 Å². The molecule has 7 nitrogen and oxygen atoms in total. The fourth-order valence-electron chi connectivity index (χ4n) is 3.56. The van der Waals surface area contributed by atoms with Crippen LogP contribution >= 0.6 is 0 Å². The van der Waals surface area contributed by atoms with E-state index in [0.717, 1.165) is 40.7 Å². The summed E-state index contributed by atoms with van der Waals surface area (Å²) in [5.74, 6) is 0. The second kappa shape index (κ2) is 7.36. The molecule has 0 aliphatic carbocycles. The van der Waals surface area contributed by atoms with Crippen LogP contribution < -0.4 is 10.6 Å². The number of pyridine rings is 1. The van der Waals surface area contributed by atoms with Gasteiger partial charge in [0.05, 0.1) is 11.6 Å². The SMILES string of the molecule is Cc1c2ccc(NC(=O)N[C@H]3CCCO[C@@H]3c3ccncc3)cc2nn1C. The van der Waals surface area contributed by atoms with Crippen molar-refractivity contribution in [3.63, 3.8) is 0 Å². The van der Waals surface area contributed by atoms with Crippen LogP contribution in [0, 0.1) is 6.92 Å². The third-order valence-electron chi connectivity index (χ3n) is 5.06. The van der Waals surface area contributed by atoms with E-state index in [9.17, 15) is 4.79 Å². The van der Waals surface area contributed by atoms with E-state index in [0.29, 0.717) is 6.61 Å². The van der Waals surface area contributed by atoms with Gasteiger partial charge in [-0.15, -0.1) is 0 Å². The smallest absolute Gasteiger partial charge is 0.319 e. The number of ether oxygens (including phenoxy) is 1. The average molecular weight is 365 g/mol. The van der Waals surface area contributed by atoms with Gasteiger partial charge in [0.1, 0.15) is 6.10 Å². The maximum Gasteiger partial charge on any atom is 0.319 e. The van der Waals surface area contributed by atoms with Gasteiger partial charge in [-0.25, -0.2) is 4.79 Å². The van der Waals surface area contributed by atoms with E-state index in [-0.39, 0.29) is 18.2 Å². The molecule has 1 aliphatic heterocycles. The molecule has 4 rings (SSSR count). The van der Waals surface area contributed by atoms with E-state index in [1.165, 1.54) is 0 Å². The minimum atomic E-state index is -0.239. The fourth-order valence-corrected chi connectivity index (χ4v) is 3.56. The number of urea groups is 1. The Morgan fingerprint density at radius 2 is 2.07 bits per heavy atom. The van der Waals surface area contributed by atoms with Crippen LogP contribution in [-0.2, 0) is 11.8 Å². The number of hydrogen-bond acceptors (Lipinski definition) is 4. The molecule has 0 bridgehead atoms. The Labute approximate surface area is 157 Å². The highest BCUT2D eigenvalue weighted by molar-refractivity contribution is 5.93. The monoisotopic (exact) mass is 365 g/mol. The number of amides is 2. The van der Waals surface area contributed by atoms with Crippen LogP contribution in [0.1, 0.15) is 30.2 Å². The van der Waals surface area contributed by atoms with Crippen LogP contribution in [0.2, 0.25) is 0 Å². The number of carbonyl (C=O) groups is 1. The van der Waals surface area contributed by atoms with Gasteiger partial charge in [0, 0.05) is 42.8 Å². The predicted octanol–water partition coefficient (Wildman–Crippen LogP) is 3.32. The highest BCUT2D eigenvalue weighted by Gasteiger charge is 2.28. The molecule has 2 aromatic heterocycles. The van der Waals surface area contributed by atoms with Crippen molar-refractivity contribution in [3.8, 4) is 0 Å². The van der Waals surface area contributed by atoms with Crippen molar-refractivity contribution in [1.29, 1.82) is 0 Å². The van der Waals surface area contributed by atoms with E-state index in [4.69, 9.17) is 4.74 Å². The van der Waals surface area contributed by atoms with Crippen molar-refractivity contribution in [1.82, 2.24) is 20.1 Å². The lowest BCUT2D eigenvalue weighted by atomic mass is 9.97. The van der Waals surface area contributed by atoms with Crippen molar-refractivity contribution in [3.05, 3.63) is 54.0 Å². The quantitative estimate of drug-likeness (QED) is 0.746. The zero-order valence-electron chi connectivity index (χ0n) is 15.5. The van der Waals surface area contributed by atoms with Gasteiger partial charge in [-0.1, -0.05) is 0 Å². The second-order valence-corrected chi connectivity index (χ2v) is 6.86. The molecular weight excluding hydrogens is 342 g/mol. The fraction of sp³-hybridized carbons (Fsp3) is 0.350. The van der Waals surface area contributed by atoms with Gasteiger partial charge in [0.25, 0.3) is 0 Å². The summed E-state index contributed by atoms with van der Waals surface area (Å²) in [6, 6.07) is 9.31. The van der Waals surface area contributed by atoms with Crippen molar-refractivity contribution in [2.75, 3.05) is 11.9 Å². The highest BCUT2D eigenvalue weighted by Crippen LogP contribution is 2.28. The van der Waals surface area contributed by atoms with Crippen LogP contribution in [0.3, 0.4) is 0 Å². The number of carbonyl (C=O) groups excluding carboxylic acids is 1. The van der Waals surface area contributed by atoms with Crippen LogP contribution in [0.5, 0.6) is 0 Å². The number of nitrogens with zero attached hydrogens (tertiary/aromatic N) is 3. The van der Waals surface area contributed by atoms with Gasteiger partial charge in [0.2, 0.25) is 0 Å². The molecule has 27 heavy (non-hydrogen) atoms. The summed E-state index contributed by atoms with van der Waals surface area (Å²) in [4.78, 5) is 16.6. The van der Waals surface area contributed by atoms with Crippen LogP contribution in [0.25, 0.3) is 10.9 Å². The third-order valence-corrected chi connectivity index (χ3v) is 5.06. The molecule has 1 aromatic carbocycles. The first-order valence-corrected chi connectivity index (χ1v) is 9.14. The van der Waals surface area contributed by atoms with E-state index >= 15 is 0 Å². The van der Waals surface area contributed by atoms with Crippen LogP contribution in [0.4, 0.5) is 10.5 Å². The van der Waals surface area contributed by atoms with Crippen LogP contribution in [0.15, 0.2) is 42.7 Å². The first kappa shape index (κ1) is 17.5. The topological polar surface area (TPSA) is 81.1 Å². The van der Waals surface area contributed by atoms with E-state index in [2.05, 4.69) is 20.7 Å². The molecule has 140 valence electrons. The summed E-state index contributed by atoms with van der Waals surface area (Å²) in [6.07, 6.45) is 5.13. The number of hydrogen-bond donors (Lipinski definition) is 2. The van der Waals surface area contributed by atoms with Crippen molar-refractivity contribution in [2.24, 2.45) is 7.05 Å². The summed E-state index contributed by atoms with van der Waals surface area (Å²) in [7, 11) is 1.91. The van der Waals surface area contributed by atoms with Gasteiger partial charge < -0.3 is 15.4 Å². The molecule has 3 aromatic rings. The molecule has 0 unspecified atom stereocenters. The van der Waals surface area contributed by atoms with Gasteiger partial charge in [0.15, 0.2) is 0 Å². The molecule has 1 fully saturated rings. The average Bonchev–Trinajstić information content (AvgIpc) is 2.96. The van der Waals surface area contributed by atoms with Gasteiger partial charge in [-0.05, 0) is 55.7 Å². The molecule has 0 spiro atoms. The van der Waals surface area contributed by atoms with Crippen molar-refractivity contribution >= 4 is 22.6 Å². The summed E-state index contributed by atoms with van der Waals surface area (Å²) in [5.41, 5.74) is 3.71. The number of fused-ring (bicyclic) bond motifs is 1. The van der Waals surface area contributed by atoms with E-state index < -0.39 is 0 Å².